The van der Waals surface area contributed by atoms with Gasteiger partial charge in [0.15, 0.2) is 0 Å². The maximum absolute atomic E-state index is 12.4. The van der Waals surface area contributed by atoms with Crippen LogP contribution < -0.4 is 5.32 Å². The number of amides is 1. The fraction of sp³-hybridized carbons (Fsp3) is 0.235. The van der Waals surface area contributed by atoms with Gasteiger partial charge in [0.1, 0.15) is 5.69 Å². The van der Waals surface area contributed by atoms with E-state index in [4.69, 9.17) is 0 Å². The highest BCUT2D eigenvalue weighted by molar-refractivity contribution is 7.11. The Hall–Kier alpha value is -2.47. The molecule has 0 aliphatic carbocycles. The molecule has 3 aromatic rings. The van der Waals surface area contributed by atoms with Crippen molar-refractivity contribution in [3.05, 3.63) is 57.7 Å². The lowest BCUT2D eigenvalue weighted by atomic mass is 10.1. The predicted octanol–water partition coefficient (Wildman–Crippen LogP) is 3.64. The van der Waals surface area contributed by atoms with Crippen LogP contribution in [0.4, 0.5) is 0 Å². The van der Waals surface area contributed by atoms with E-state index < -0.39 is 0 Å². The molecule has 0 saturated carbocycles. The summed E-state index contributed by atoms with van der Waals surface area (Å²) in [5.41, 5.74) is 3.16. The van der Waals surface area contributed by atoms with Crippen LogP contribution in [0, 0.1) is 13.8 Å². The Bertz CT molecular complexity index is 822. The largest absolute Gasteiger partial charge is 0.343 e. The van der Waals surface area contributed by atoms with E-state index in [1.54, 1.807) is 17.4 Å². The average molecular weight is 326 g/mol. The minimum absolute atomic E-state index is 0.0859. The van der Waals surface area contributed by atoms with Crippen LogP contribution >= 0.6 is 11.3 Å². The normalized spacial score (nSPS) is 12.1. The third-order valence-corrected chi connectivity index (χ3v) is 4.83. The van der Waals surface area contributed by atoms with Gasteiger partial charge in [0.05, 0.1) is 22.4 Å². The second kappa shape index (κ2) is 6.34. The average Bonchev–Trinajstić information content (AvgIpc) is 3.15. The van der Waals surface area contributed by atoms with Gasteiger partial charge in [-0.15, -0.1) is 11.3 Å². The second-order valence-electron chi connectivity index (χ2n) is 5.41. The van der Waals surface area contributed by atoms with E-state index >= 15 is 0 Å². The van der Waals surface area contributed by atoms with E-state index in [0.717, 1.165) is 26.8 Å². The number of rotatable bonds is 4. The van der Waals surface area contributed by atoms with Gasteiger partial charge in [-0.2, -0.15) is 5.10 Å². The Morgan fingerprint density at radius 1 is 1.26 bits per heavy atom. The van der Waals surface area contributed by atoms with Gasteiger partial charge in [-0.05, 0) is 26.8 Å². The number of aromatic amines is 1. The topological polar surface area (TPSA) is 70.7 Å². The molecule has 118 valence electrons. The lowest BCUT2D eigenvalue weighted by Crippen LogP contribution is -2.26. The standard InChI is InChI=1S/C17H18N4OS/c1-10-16(23-12(3)18-10)11(2)19-17(22)15-9-14(20-21-15)13-7-5-4-6-8-13/h4-9,11H,1-3H3,(H,19,22)(H,20,21)/t11-/m0/s1. The molecule has 0 fully saturated rings. The summed E-state index contributed by atoms with van der Waals surface area (Å²) in [5, 5.41) is 11.0. The van der Waals surface area contributed by atoms with Crippen LogP contribution in [0.15, 0.2) is 36.4 Å². The quantitative estimate of drug-likeness (QED) is 0.769. The SMILES string of the molecule is Cc1nc(C)c([C@H](C)NC(=O)c2cc(-c3ccccc3)n[nH]2)s1. The van der Waals surface area contributed by atoms with E-state index in [-0.39, 0.29) is 11.9 Å². The second-order valence-corrected chi connectivity index (χ2v) is 6.65. The number of nitrogens with one attached hydrogen (secondary N) is 2. The van der Waals surface area contributed by atoms with Crippen LogP contribution in [0.1, 0.15) is 39.0 Å². The number of aromatic nitrogens is 3. The smallest absolute Gasteiger partial charge is 0.269 e. The highest BCUT2D eigenvalue weighted by Gasteiger charge is 2.18. The summed E-state index contributed by atoms with van der Waals surface area (Å²) in [6.07, 6.45) is 0. The summed E-state index contributed by atoms with van der Waals surface area (Å²) in [4.78, 5) is 17.9. The fourth-order valence-electron chi connectivity index (χ4n) is 2.48. The summed E-state index contributed by atoms with van der Waals surface area (Å²) < 4.78 is 0. The van der Waals surface area contributed by atoms with Crippen LogP contribution in [0.3, 0.4) is 0 Å². The first-order chi connectivity index (χ1) is 11.0. The molecule has 0 aliphatic heterocycles. The van der Waals surface area contributed by atoms with Crippen LogP contribution in [-0.4, -0.2) is 21.1 Å². The third-order valence-electron chi connectivity index (χ3n) is 3.57. The van der Waals surface area contributed by atoms with Crippen molar-refractivity contribution in [1.82, 2.24) is 20.5 Å². The molecule has 2 N–H and O–H groups in total. The van der Waals surface area contributed by atoms with Gasteiger partial charge in [-0.1, -0.05) is 30.3 Å². The first kappa shape index (κ1) is 15.4. The van der Waals surface area contributed by atoms with E-state index in [9.17, 15) is 4.79 Å². The van der Waals surface area contributed by atoms with Crippen molar-refractivity contribution < 1.29 is 4.79 Å². The van der Waals surface area contributed by atoms with E-state index in [0.29, 0.717) is 5.69 Å². The zero-order valence-corrected chi connectivity index (χ0v) is 14.1. The molecule has 0 unspecified atom stereocenters. The van der Waals surface area contributed by atoms with Crippen molar-refractivity contribution in [2.45, 2.75) is 26.8 Å². The van der Waals surface area contributed by atoms with Gasteiger partial charge in [0, 0.05) is 10.4 Å². The summed E-state index contributed by atoms with van der Waals surface area (Å²) in [5.74, 6) is -0.169. The first-order valence-corrected chi connectivity index (χ1v) is 8.22. The molecule has 0 bridgehead atoms. The van der Waals surface area contributed by atoms with Gasteiger partial charge in [-0.3, -0.25) is 9.89 Å². The highest BCUT2D eigenvalue weighted by Crippen LogP contribution is 2.25. The Morgan fingerprint density at radius 3 is 2.65 bits per heavy atom. The number of aryl methyl sites for hydroxylation is 2. The lowest BCUT2D eigenvalue weighted by Gasteiger charge is -2.11. The molecule has 2 heterocycles. The van der Waals surface area contributed by atoms with E-state index in [1.165, 1.54) is 0 Å². The van der Waals surface area contributed by atoms with E-state index in [2.05, 4.69) is 20.5 Å². The molecule has 0 radical (unpaired) electrons. The number of thiazole rings is 1. The van der Waals surface area contributed by atoms with Gasteiger partial charge in [0.25, 0.3) is 5.91 Å². The Kier molecular flexibility index (Phi) is 4.25. The van der Waals surface area contributed by atoms with Crippen molar-refractivity contribution in [1.29, 1.82) is 0 Å². The number of carbonyl (C=O) groups excluding carboxylic acids is 1. The first-order valence-electron chi connectivity index (χ1n) is 7.40. The predicted molar refractivity (Wildman–Crippen MR) is 91.5 cm³/mol. The molecule has 3 rings (SSSR count). The number of carbonyl (C=O) groups is 1. The molecule has 0 spiro atoms. The van der Waals surface area contributed by atoms with Crippen molar-refractivity contribution in [2.24, 2.45) is 0 Å². The van der Waals surface area contributed by atoms with Crippen molar-refractivity contribution in [2.75, 3.05) is 0 Å². The van der Waals surface area contributed by atoms with Crippen LogP contribution in [0.5, 0.6) is 0 Å². The Labute approximate surface area is 138 Å². The fourth-order valence-corrected chi connectivity index (χ4v) is 3.41. The molecule has 5 nitrogen and oxygen atoms in total. The zero-order chi connectivity index (χ0) is 16.4. The van der Waals surface area contributed by atoms with Crippen molar-refractivity contribution in [3.63, 3.8) is 0 Å². The summed E-state index contributed by atoms with van der Waals surface area (Å²) in [7, 11) is 0. The molecule has 0 saturated heterocycles. The van der Waals surface area contributed by atoms with Crippen LogP contribution in [0.2, 0.25) is 0 Å². The maximum atomic E-state index is 12.4. The lowest BCUT2D eigenvalue weighted by molar-refractivity contribution is 0.0935. The number of benzene rings is 1. The van der Waals surface area contributed by atoms with Gasteiger partial charge < -0.3 is 5.32 Å². The number of hydrogen-bond donors (Lipinski definition) is 2. The third kappa shape index (κ3) is 3.32. The molecule has 1 atom stereocenters. The zero-order valence-electron chi connectivity index (χ0n) is 13.3. The molecular weight excluding hydrogens is 308 g/mol. The van der Waals surface area contributed by atoms with Crippen LogP contribution in [-0.2, 0) is 0 Å². The van der Waals surface area contributed by atoms with Gasteiger partial charge in [-0.25, -0.2) is 4.98 Å². The van der Waals surface area contributed by atoms with Gasteiger partial charge in [0.2, 0.25) is 0 Å². The number of hydrogen-bond acceptors (Lipinski definition) is 4. The molecule has 2 aromatic heterocycles. The monoisotopic (exact) mass is 326 g/mol. The highest BCUT2D eigenvalue weighted by atomic mass is 32.1. The molecule has 6 heteroatoms. The molecular formula is C17H18N4OS. The minimum Gasteiger partial charge on any atom is -0.343 e. The molecule has 1 amide bonds. The number of H-pyrrole nitrogens is 1. The Balaban J connectivity index is 1.74. The summed E-state index contributed by atoms with van der Waals surface area (Å²) in [6, 6.07) is 11.4. The molecule has 23 heavy (non-hydrogen) atoms. The number of nitrogens with zero attached hydrogens (tertiary/aromatic N) is 2. The summed E-state index contributed by atoms with van der Waals surface area (Å²) in [6.45, 7) is 5.90. The van der Waals surface area contributed by atoms with Gasteiger partial charge >= 0.3 is 0 Å². The summed E-state index contributed by atoms with van der Waals surface area (Å²) >= 11 is 1.61. The molecule has 0 aliphatic rings. The van der Waals surface area contributed by atoms with Crippen LogP contribution in [0.25, 0.3) is 11.3 Å². The van der Waals surface area contributed by atoms with E-state index in [1.807, 2.05) is 51.1 Å². The van der Waals surface area contributed by atoms with Crippen molar-refractivity contribution >= 4 is 17.2 Å². The maximum Gasteiger partial charge on any atom is 0.269 e. The van der Waals surface area contributed by atoms with Crippen molar-refractivity contribution in [3.8, 4) is 11.3 Å². The minimum atomic E-state index is -0.169. The Morgan fingerprint density at radius 2 is 2.00 bits per heavy atom. The molecule has 1 aromatic carbocycles.